The zero-order valence-corrected chi connectivity index (χ0v) is 10.1. The minimum Gasteiger partial charge on any atom is -0.311 e. The fourth-order valence-corrected chi connectivity index (χ4v) is 1.64. The van der Waals surface area contributed by atoms with E-state index in [9.17, 15) is 4.39 Å². The minimum absolute atomic E-state index is 0.256. The second-order valence-corrected chi connectivity index (χ2v) is 3.99. The van der Waals surface area contributed by atoms with Gasteiger partial charge >= 0.3 is 0 Å². The molecule has 0 saturated carbocycles. The van der Waals surface area contributed by atoms with Crippen molar-refractivity contribution >= 4 is 0 Å². The van der Waals surface area contributed by atoms with Gasteiger partial charge < -0.3 is 5.32 Å². The number of nitrogens with one attached hydrogen (secondary N) is 1. The van der Waals surface area contributed by atoms with Gasteiger partial charge in [0.25, 0.3) is 0 Å². The normalized spacial score (nSPS) is 10.8. The fourth-order valence-electron chi connectivity index (χ4n) is 1.64. The van der Waals surface area contributed by atoms with Gasteiger partial charge in [-0.1, -0.05) is 13.0 Å². The summed E-state index contributed by atoms with van der Waals surface area (Å²) >= 11 is 0. The lowest BCUT2D eigenvalue weighted by Gasteiger charge is -2.04. The van der Waals surface area contributed by atoms with Crippen LogP contribution in [-0.4, -0.2) is 16.3 Å². The van der Waals surface area contributed by atoms with Crippen LogP contribution in [-0.2, 0) is 6.54 Å². The molecule has 0 aliphatic heterocycles. The lowest BCUT2D eigenvalue weighted by Crippen LogP contribution is -2.12. The van der Waals surface area contributed by atoms with Gasteiger partial charge in [0.05, 0.1) is 5.69 Å². The van der Waals surface area contributed by atoms with E-state index in [1.165, 1.54) is 6.07 Å². The fraction of sp³-hybridized carbons (Fsp3) is 0.308. The molecule has 0 aliphatic carbocycles. The Balaban J connectivity index is 2.27. The summed E-state index contributed by atoms with van der Waals surface area (Å²) < 4.78 is 15.2. The summed E-state index contributed by atoms with van der Waals surface area (Å²) in [4.78, 5) is 0. The lowest BCUT2D eigenvalue weighted by atomic mass is 10.2. The Hall–Kier alpha value is -1.68. The molecule has 0 saturated heterocycles. The largest absolute Gasteiger partial charge is 0.311 e. The smallest absolute Gasteiger partial charge is 0.148 e. The highest BCUT2D eigenvalue weighted by atomic mass is 19.1. The van der Waals surface area contributed by atoms with Crippen molar-refractivity contribution in [3.8, 4) is 5.69 Å². The maximum atomic E-state index is 13.6. The van der Waals surface area contributed by atoms with Crippen LogP contribution in [0.5, 0.6) is 0 Å². The number of rotatable bonds is 4. The maximum absolute atomic E-state index is 13.6. The van der Waals surface area contributed by atoms with Crippen LogP contribution in [0.2, 0.25) is 0 Å². The topological polar surface area (TPSA) is 29.9 Å². The van der Waals surface area contributed by atoms with Crippen molar-refractivity contribution in [3.05, 3.63) is 47.5 Å². The van der Waals surface area contributed by atoms with Crippen molar-refractivity contribution in [2.45, 2.75) is 20.4 Å². The molecule has 1 N–H and O–H groups in total. The van der Waals surface area contributed by atoms with Crippen LogP contribution >= 0.6 is 0 Å². The van der Waals surface area contributed by atoms with E-state index in [1.54, 1.807) is 23.0 Å². The Labute approximate surface area is 100 Å². The molecule has 4 heteroatoms. The summed E-state index contributed by atoms with van der Waals surface area (Å²) in [5.41, 5.74) is 2.42. The quantitative estimate of drug-likeness (QED) is 0.879. The van der Waals surface area contributed by atoms with Gasteiger partial charge in [0, 0.05) is 12.7 Å². The van der Waals surface area contributed by atoms with Crippen LogP contribution in [0.4, 0.5) is 4.39 Å². The monoisotopic (exact) mass is 233 g/mol. The van der Waals surface area contributed by atoms with Crippen molar-refractivity contribution in [2.24, 2.45) is 0 Å². The molecule has 90 valence electrons. The molecule has 0 aliphatic rings. The number of hydrogen-bond acceptors (Lipinski definition) is 2. The molecular formula is C13H16FN3. The van der Waals surface area contributed by atoms with E-state index >= 15 is 0 Å². The second-order valence-electron chi connectivity index (χ2n) is 3.99. The summed E-state index contributed by atoms with van der Waals surface area (Å²) in [5, 5.41) is 7.52. The van der Waals surface area contributed by atoms with E-state index in [0.717, 1.165) is 17.8 Å². The summed E-state index contributed by atoms with van der Waals surface area (Å²) in [6.45, 7) is 5.58. The molecule has 0 amide bonds. The molecule has 17 heavy (non-hydrogen) atoms. The van der Waals surface area contributed by atoms with E-state index in [1.807, 2.05) is 19.9 Å². The van der Waals surface area contributed by atoms with E-state index in [0.29, 0.717) is 12.2 Å². The highest BCUT2D eigenvalue weighted by Gasteiger charge is 2.06. The van der Waals surface area contributed by atoms with Gasteiger partial charge in [0.2, 0.25) is 0 Å². The molecule has 3 nitrogen and oxygen atoms in total. The number of benzene rings is 1. The molecule has 0 fully saturated rings. The van der Waals surface area contributed by atoms with Gasteiger partial charge in [-0.25, -0.2) is 9.07 Å². The van der Waals surface area contributed by atoms with Crippen LogP contribution in [0.15, 0.2) is 30.5 Å². The highest BCUT2D eigenvalue weighted by molar-refractivity contribution is 5.36. The highest BCUT2D eigenvalue weighted by Crippen LogP contribution is 2.14. The first kappa shape index (κ1) is 11.8. The van der Waals surface area contributed by atoms with Crippen molar-refractivity contribution in [3.63, 3.8) is 0 Å². The molecule has 0 spiro atoms. The van der Waals surface area contributed by atoms with Crippen LogP contribution in [0.25, 0.3) is 5.69 Å². The maximum Gasteiger partial charge on any atom is 0.148 e. The van der Waals surface area contributed by atoms with Gasteiger partial charge in [-0.3, -0.25) is 0 Å². The summed E-state index contributed by atoms with van der Waals surface area (Å²) in [5.74, 6) is -0.256. The number of aromatic nitrogens is 2. The standard InChI is InChI=1S/C13H16FN3/c1-3-15-9-11-6-7-17(16-11)13-8-10(2)4-5-12(13)14/h4-8,15H,3,9H2,1-2H3. The van der Waals surface area contributed by atoms with Gasteiger partial charge in [0.15, 0.2) is 0 Å². The molecule has 2 aromatic rings. The van der Waals surface area contributed by atoms with Crippen LogP contribution < -0.4 is 5.32 Å². The van der Waals surface area contributed by atoms with Crippen molar-refractivity contribution in [1.82, 2.24) is 15.1 Å². The zero-order valence-electron chi connectivity index (χ0n) is 10.1. The third-order valence-corrected chi connectivity index (χ3v) is 2.55. The molecule has 0 unspecified atom stereocenters. The molecule has 0 radical (unpaired) electrons. The van der Waals surface area contributed by atoms with E-state index in [-0.39, 0.29) is 5.82 Å². The van der Waals surface area contributed by atoms with Gasteiger partial charge in [-0.15, -0.1) is 0 Å². The number of nitrogens with zero attached hydrogens (tertiary/aromatic N) is 2. The Morgan fingerprint density at radius 2 is 2.18 bits per heavy atom. The molecule has 1 aromatic heterocycles. The molecule has 1 aromatic carbocycles. The molecule has 0 atom stereocenters. The molecular weight excluding hydrogens is 217 g/mol. The van der Waals surface area contributed by atoms with Crippen molar-refractivity contribution in [1.29, 1.82) is 0 Å². The van der Waals surface area contributed by atoms with E-state index in [2.05, 4.69) is 10.4 Å². The third-order valence-electron chi connectivity index (χ3n) is 2.55. The van der Waals surface area contributed by atoms with Crippen LogP contribution in [0.1, 0.15) is 18.2 Å². The molecule has 1 heterocycles. The minimum atomic E-state index is -0.256. The van der Waals surface area contributed by atoms with Crippen LogP contribution in [0, 0.1) is 12.7 Å². The Bertz CT molecular complexity index is 505. The Morgan fingerprint density at radius 1 is 1.35 bits per heavy atom. The Kier molecular flexibility index (Phi) is 3.54. The SMILES string of the molecule is CCNCc1ccn(-c2cc(C)ccc2F)n1. The van der Waals surface area contributed by atoms with Gasteiger partial charge in [-0.2, -0.15) is 5.10 Å². The predicted octanol–water partition coefficient (Wildman–Crippen LogP) is 2.43. The molecule has 0 bridgehead atoms. The van der Waals surface area contributed by atoms with Crippen LogP contribution in [0.3, 0.4) is 0 Å². The first-order chi connectivity index (χ1) is 8.20. The van der Waals surface area contributed by atoms with Crippen molar-refractivity contribution in [2.75, 3.05) is 6.54 Å². The van der Waals surface area contributed by atoms with E-state index in [4.69, 9.17) is 0 Å². The zero-order chi connectivity index (χ0) is 12.3. The van der Waals surface area contributed by atoms with Crippen molar-refractivity contribution < 1.29 is 4.39 Å². The number of hydrogen-bond donors (Lipinski definition) is 1. The first-order valence-electron chi connectivity index (χ1n) is 5.72. The van der Waals surface area contributed by atoms with Gasteiger partial charge in [0.1, 0.15) is 11.5 Å². The predicted molar refractivity (Wildman–Crippen MR) is 65.6 cm³/mol. The average molecular weight is 233 g/mol. The average Bonchev–Trinajstić information content (AvgIpc) is 2.78. The summed E-state index contributed by atoms with van der Waals surface area (Å²) in [7, 11) is 0. The van der Waals surface area contributed by atoms with Gasteiger partial charge in [-0.05, 0) is 37.2 Å². The first-order valence-corrected chi connectivity index (χ1v) is 5.72. The summed E-state index contributed by atoms with van der Waals surface area (Å²) in [6, 6.07) is 6.90. The second kappa shape index (κ2) is 5.10. The van der Waals surface area contributed by atoms with E-state index < -0.39 is 0 Å². The third kappa shape index (κ3) is 2.71. The Morgan fingerprint density at radius 3 is 2.94 bits per heavy atom. The number of halogens is 1. The summed E-state index contributed by atoms with van der Waals surface area (Å²) in [6.07, 6.45) is 1.78. The molecule has 2 rings (SSSR count). The number of aryl methyl sites for hydroxylation is 1. The lowest BCUT2D eigenvalue weighted by molar-refractivity contribution is 0.607.